The summed E-state index contributed by atoms with van der Waals surface area (Å²) in [5.74, 6) is -2.48. The molecule has 0 saturated carbocycles. The third-order valence-electron chi connectivity index (χ3n) is 5.59. The molecule has 1 amide bonds. The van der Waals surface area contributed by atoms with E-state index in [0.29, 0.717) is 0 Å². The Balaban J connectivity index is 1.43. The summed E-state index contributed by atoms with van der Waals surface area (Å²) >= 11 is 0. The number of fused-ring (bicyclic) bond motifs is 3. The summed E-state index contributed by atoms with van der Waals surface area (Å²) < 4.78 is 18.9. The Labute approximate surface area is 188 Å². The van der Waals surface area contributed by atoms with Crippen molar-refractivity contribution >= 4 is 17.7 Å². The fraction of sp³-hybridized carbons (Fsp3) is 0.167. The summed E-state index contributed by atoms with van der Waals surface area (Å²) in [4.78, 5) is 24.1. The molecule has 1 aliphatic rings. The van der Waals surface area contributed by atoms with E-state index in [2.05, 4.69) is 5.32 Å². The Morgan fingerprint density at radius 1 is 1.06 bits per heavy atom. The minimum Gasteiger partial charge on any atom is -0.733 e. The Kier molecular flexibility index (Phi) is 6.25. The Bertz CT molecular complexity index is 1150. The van der Waals surface area contributed by atoms with E-state index in [1.807, 2.05) is 48.5 Å². The number of rotatable bonds is 7. The van der Waals surface area contributed by atoms with Crippen molar-refractivity contribution in [2.24, 2.45) is 0 Å². The molecule has 9 heteroatoms. The Hall–Kier alpha value is -3.95. The van der Waals surface area contributed by atoms with E-state index in [4.69, 9.17) is 9.94 Å². The largest absolute Gasteiger partial charge is 0.733 e. The molecule has 3 aromatic carbocycles. The van der Waals surface area contributed by atoms with Crippen molar-refractivity contribution < 1.29 is 29.0 Å². The first kappa shape index (κ1) is 22.3. The van der Waals surface area contributed by atoms with Crippen LogP contribution < -0.4 is 10.5 Å². The van der Waals surface area contributed by atoms with E-state index in [-0.39, 0.29) is 24.5 Å². The predicted molar refractivity (Wildman–Crippen MR) is 117 cm³/mol. The van der Waals surface area contributed by atoms with Gasteiger partial charge in [0.1, 0.15) is 18.5 Å². The van der Waals surface area contributed by atoms with E-state index in [9.17, 15) is 24.3 Å². The number of alkyl carbamates (subject to hydrolysis) is 1. The van der Waals surface area contributed by atoms with Gasteiger partial charge in [-0.3, -0.25) is 5.21 Å². The van der Waals surface area contributed by atoms with Crippen LogP contribution in [0, 0.1) is 11.0 Å². The topological polar surface area (TPSA) is 122 Å². The van der Waals surface area contributed by atoms with Gasteiger partial charge in [-0.15, -0.1) is 0 Å². The number of aliphatic carboxylic acids is 1. The van der Waals surface area contributed by atoms with Crippen LogP contribution in [0.1, 0.15) is 22.6 Å². The summed E-state index contributed by atoms with van der Waals surface area (Å²) in [7, 11) is 0. The van der Waals surface area contributed by atoms with E-state index < -0.39 is 34.8 Å². The predicted octanol–water partition coefficient (Wildman–Crippen LogP) is 4.05. The maximum atomic E-state index is 13.6. The molecule has 0 spiro atoms. The van der Waals surface area contributed by atoms with E-state index >= 15 is 0 Å². The highest BCUT2D eigenvalue weighted by Gasteiger charge is 2.29. The van der Waals surface area contributed by atoms with Crippen LogP contribution in [-0.4, -0.2) is 35.0 Å². The number of carboxylic acids is 1. The van der Waals surface area contributed by atoms with Gasteiger partial charge in [-0.25, -0.2) is 14.0 Å². The fourth-order valence-electron chi connectivity index (χ4n) is 4.05. The first-order chi connectivity index (χ1) is 15.8. The zero-order valence-electron chi connectivity index (χ0n) is 17.3. The monoisotopic (exact) mass is 451 g/mol. The standard InChI is InChI=1S/C24H20FN2O6/c25-20-10-9-14(12-22(20)27(31)32)11-21(23(28)29)26-24(30)33-13-19-17-7-3-1-5-15(17)16-6-2-4-8-18(16)19/h1-10,12,19,21,31H,11,13H2,(H,26,30)(H,28,29)/q-1/t21-/m0/s1. The number of carbonyl (C=O) groups is 2. The molecule has 1 atom stereocenters. The van der Waals surface area contributed by atoms with Crippen LogP contribution in [0.2, 0.25) is 0 Å². The number of hydrogen-bond acceptors (Lipinski definition) is 6. The second-order valence-electron chi connectivity index (χ2n) is 7.62. The minimum absolute atomic E-state index is 0.0164. The van der Waals surface area contributed by atoms with Crippen molar-refractivity contribution in [3.05, 3.63) is 94.4 Å². The maximum absolute atomic E-state index is 13.6. The molecule has 3 N–H and O–H groups in total. The molecule has 0 bridgehead atoms. The van der Waals surface area contributed by atoms with Gasteiger partial charge >= 0.3 is 12.1 Å². The van der Waals surface area contributed by atoms with Gasteiger partial charge in [0, 0.05) is 12.3 Å². The molecular formula is C24H20FN2O6-. The molecule has 3 aromatic rings. The lowest BCUT2D eigenvalue weighted by Gasteiger charge is -2.23. The van der Waals surface area contributed by atoms with Gasteiger partial charge in [-0.1, -0.05) is 54.6 Å². The molecule has 4 rings (SSSR count). The third kappa shape index (κ3) is 4.64. The smallest absolute Gasteiger partial charge is 0.407 e. The zero-order chi connectivity index (χ0) is 23.5. The molecule has 0 fully saturated rings. The van der Waals surface area contributed by atoms with E-state index in [1.165, 1.54) is 6.07 Å². The van der Waals surface area contributed by atoms with Gasteiger partial charge in [0.05, 0.1) is 5.69 Å². The number of hydrogen-bond donors (Lipinski definition) is 3. The first-order valence-corrected chi connectivity index (χ1v) is 10.1. The molecule has 33 heavy (non-hydrogen) atoms. The molecule has 8 nitrogen and oxygen atoms in total. The number of anilines is 1. The van der Waals surface area contributed by atoms with Crippen LogP contribution in [0.5, 0.6) is 0 Å². The molecule has 0 radical (unpaired) electrons. The number of halogens is 1. The van der Waals surface area contributed by atoms with Gasteiger partial charge < -0.3 is 25.6 Å². The summed E-state index contributed by atoms with van der Waals surface area (Å²) in [5, 5.41) is 31.1. The highest BCUT2D eigenvalue weighted by molar-refractivity contribution is 5.81. The fourth-order valence-corrected chi connectivity index (χ4v) is 4.05. The van der Waals surface area contributed by atoms with Gasteiger partial charge in [-0.05, 0) is 39.9 Å². The molecule has 1 aliphatic carbocycles. The number of nitrogens with zero attached hydrogens (tertiary/aromatic N) is 1. The van der Waals surface area contributed by atoms with Crippen LogP contribution in [0.4, 0.5) is 14.9 Å². The molecule has 0 unspecified atom stereocenters. The van der Waals surface area contributed by atoms with E-state index in [0.717, 1.165) is 34.4 Å². The van der Waals surface area contributed by atoms with Crippen molar-refractivity contribution in [3.8, 4) is 11.1 Å². The van der Waals surface area contributed by atoms with Crippen molar-refractivity contribution in [2.75, 3.05) is 11.8 Å². The number of benzene rings is 3. The van der Waals surface area contributed by atoms with Gasteiger partial charge in [-0.2, -0.15) is 0 Å². The zero-order valence-corrected chi connectivity index (χ0v) is 17.3. The van der Waals surface area contributed by atoms with Crippen molar-refractivity contribution in [2.45, 2.75) is 18.4 Å². The van der Waals surface area contributed by atoms with Crippen LogP contribution in [0.15, 0.2) is 66.7 Å². The minimum atomic E-state index is -1.39. The van der Waals surface area contributed by atoms with Crippen LogP contribution in [-0.2, 0) is 16.0 Å². The molecule has 170 valence electrons. The third-order valence-corrected chi connectivity index (χ3v) is 5.59. The highest BCUT2D eigenvalue weighted by atomic mass is 19.1. The molecule has 0 aromatic heterocycles. The lowest BCUT2D eigenvalue weighted by atomic mass is 9.98. The lowest BCUT2D eigenvalue weighted by Crippen LogP contribution is -2.43. The maximum Gasteiger partial charge on any atom is 0.407 e. The number of nitrogens with one attached hydrogen (secondary N) is 1. The second kappa shape index (κ2) is 9.27. The summed E-state index contributed by atoms with van der Waals surface area (Å²) in [6.07, 6.45) is -1.17. The lowest BCUT2D eigenvalue weighted by molar-refractivity contribution is -0.139. The van der Waals surface area contributed by atoms with Gasteiger partial charge in [0.25, 0.3) is 0 Å². The Morgan fingerprint density at radius 2 is 1.67 bits per heavy atom. The normalized spacial score (nSPS) is 13.1. The number of carbonyl (C=O) groups excluding carboxylic acids is 1. The molecule has 0 aliphatic heterocycles. The SMILES string of the molecule is O=C(N[C@@H](Cc1ccc(F)c(N([O-])O)c1)C(=O)O)OCC1c2ccccc2-c2ccccc21. The number of ether oxygens (including phenoxy) is 1. The number of amides is 1. The van der Waals surface area contributed by atoms with Gasteiger partial charge in [0.2, 0.25) is 0 Å². The van der Waals surface area contributed by atoms with Crippen LogP contribution >= 0.6 is 0 Å². The number of carboxylic acid groups (broad SMARTS) is 1. The van der Waals surface area contributed by atoms with Crippen molar-refractivity contribution in [1.82, 2.24) is 5.32 Å². The van der Waals surface area contributed by atoms with E-state index in [1.54, 1.807) is 0 Å². The van der Waals surface area contributed by atoms with Crippen LogP contribution in [0.3, 0.4) is 0 Å². The summed E-state index contributed by atoms with van der Waals surface area (Å²) in [6, 6.07) is 17.4. The van der Waals surface area contributed by atoms with Crippen molar-refractivity contribution in [3.63, 3.8) is 0 Å². The quantitative estimate of drug-likeness (QED) is 0.463. The van der Waals surface area contributed by atoms with Gasteiger partial charge in [0.15, 0.2) is 0 Å². The highest BCUT2D eigenvalue weighted by Crippen LogP contribution is 2.44. The average Bonchev–Trinajstić information content (AvgIpc) is 3.12. The van der Waals surface area contributed by atoms with Crippen molar-refractivity contribution in [1.29, 1.82) is 0 Å². The summed E-state index contributed by atoms with van der Waals surface area (Å²) in [5.41, 5.74) is 3.74. The van der Waals surface area contributed by atoms with Crippen LogP contribution in [0.25, 0.3) is 11.1 Å². The molecule has 0 saturated heterocycles. The summed E-state index contributed by atoms with van der Waals surface area (Å²) in [6.45, 7) is 0.0164. The first-order valence-electron chi connectivity index (χ1n) is 10.1. The Morgan fingerprint density at radius 3 is 2.24 bits per heavy atom. The molecule has 0 heterocycles. The molecular weight excluding hydrogens is 431 g/mol. The average molecular weight is 451 g/mol. The second-order valence-corrected chi connectivity index (χ2v) is 7.62.